The molecule has 1 aromatic carbocycles. The van der Waals surface area contributed by atoms with Gasteiger partial charge in [-0.2, -0.15) is 0 Å². The summed E-state index contributed by atoms with van der Waals surface area (Å²) in [6.07, 6.45) is 1.22. The predicted octanol–water partition coefficient (Wildman–Crippen LogP) is 1.46. The van der Waals surface area contributed by atoms with Crippen LogP contribution < -0.4 is 11.1 Å². The van der Waals surface area contributed by atoms with E-state index in [1.54, 1.807) is 0 Å². The Balaban J connectivity index is 1.84. The van der Waals surface area contributed by atoms with Gasteiger partial charge in [-0.3, -0.25) is 4.79 Å². The van der Waals surface area contributed by atoms with Gasteiger partial charge in [0.25, 0.3) is 0 Å². The Morgan fingerprint density at radius 2 is 2.12 bits per heavy atom. The van der Waals surface area contributed by atoms with Gasteiger partial charge in [-0.15, -0.1) is 0 Å². The van der Waals surface area contributed by atoms with Gasteiger partial charge in [-0.1, -0.05) is 37.3 Å². The summed E-state index contributed by atoms with van der Waals surface area (Å²) in [5.74, 6) is 1.34. The van der Waals surface area contributed by atoms with Crippen molar-refractivity contribution in [2.75, 3.05) is 6.54 Å². The van der Waals surface area contributed by atoms with E-state index >= 15 is 0 Å². The second-order valence-electron chi connectivity index (χ2n) is 4.61. The maximum Gasteiger partial charge on any atom is 0.241 e. The van der Waals surface area contributed by atoms with Crippen LogP contribution in [0.4, 0.5) is 0 Å². The molecule has 2 rings (SSSR count). The lowest BCUT2D eigenvalue weighted by molar-refractivity contribution is -0.122. The van der Waals surface area contributed by atoms with E-state index in [2.05, 4.69) is 12.2 Å². The van der Waals surface area contributed by atoms with E-state index in [1.807, 2.05) is 30.3 Å². The third-order valence-electron chi connectivity index (χ3n) is 3.26. The number of carbonyl (C=O) groups is 1. The largest absolute Gasteiger partial charge is 0.354 e. The first-order valence-electron chi connectivity index (χ1n) is 5.76. The highest BCUT2D eigenvalue weighted by Crippen LogP contribution is 2.36. The van der Waals surface area contributed by atoms with Crippen LogP contribution in [0.1, 0.15) is 24.9 Å². The van der Waals surface area contributed by atoms with Crippen molar-refractivity contribution < 1.29 is 4.79 Å². The summed E-state index contributed by atoms with van der Waals surface area (Å²) in [6.45, 7) is 2.97. The van der Waals surface area contributed by atoms with Crippen LogP contribution in [0, 0.1) is 11.8 Å². The Bertz CT molecular complexity index is 363. The van der Waals surface area contributed by atoms with Crippen LogP contribution in [-0.4, -0.2) is 12.5 Å². The zero-order chi connectivity index (χ0) is 11.5. The zero-order valence-electron chi connectivity index (χ0n) is 9.52. The lowest BCUT2D eigenvalue weighted by Crippen LogP contribution is -2.35. The molecule has 2 unspecified atom stereocenters. The number of nitrogens with two attached hydrogens (primary N) is 1. The highest BCUT2D eigenvalue weighted by atomic mass is 16.2. The van der Waals surface area contributed by atoms with Crippen LogP contribution in [0.3, 0.4) is 0 Å². The number of amides is 1. The standard InChI is InChI=1S/C13H18N2O/c1-9-7-11(9)8-15-13(16)12(14)10-5-3-2-4-6-10/h2-6,9,11-12H,7-8,14H2,1H3,(H,15,16)/t9?,11?,12-/m0/s1. The topological polar surface area (TPSA) is 55.1 Å². The maximum absolute atomic E-state index is 11.7. The molecular weight excluding hydrogens is 200 g/mol. The van der Waals surface area contributed by atoms with Gasteiger partial charge in [-0.25, -0.2) is 0 Å². The molecule has 1 aromatic rings. The Morgan fingerprint density at radius 1 is 1.50 bits per heavy atom. The van der Waals surface area contributed by atoms with Crippen LogP contribution in [0.2, 0.25) is 0 Å². The molecule has 86 valence electrons. The molecule has 3 atom stereocenters. The van der Waals surface area contributed by atoms with Crippen molar-refractivity contribution in [3.8, 4) is 0 Å². The van der Waals surface area contributed by atoms with Crippen molar-refractivity contribution in [1.29, 1.82) is 0 Å². The Hall–Kier alpha value is -1.35. The molecule has 3 nitrogen and oxygen atoms in total. The molecule has 0 radical (unpaired) electrons. The van der Waals surface area contributed by atoms with E-state index in [9.17, 15) is 4.79 Å². The average Bonchev–Trinajstić information content (AvgIpc) is 3.02. The summed E-state index contributed by atoms with van der Waals surface area (Å²) in [7, 11) is 0. The quantitative estimate of drug-likeness (QED) is 0.804. The van der Waals surface area contributed by atoms with Gasteiger partial charge in [0, 0.05) is 6.54 Å². The first-order chi connectivity index (χ1) is 7.68. The van der Waals surface area contributed by atoms with Crippen LogP contribution >= 0.6 is 0 Å². The molecule has 3 N–H and O–H groups in total. The van der Waals surface area contributed by atoms with Gasteiger partial charge in [0.1, 0.15) is 6.04 Å². The first-order valence-corrected chi connectivity index (χ1v) is 5.76. The predicted molar refractivity (Wildman–Crippen MR) is 63.7 cm³/mol. The number of hydrogen-bond donors (Lipinski definition) is 2. The van der Waals surface area contributed by atoms with Crippen molar-refractivity contribution in [3.05, 3.63) is 35.9 Å². The number of hydrogen-bond acceptors (Lipinski definition) is 2. The van der Waals surface area contributed by atoms with E-state index in [-0.39, 0.29) is 5.91 Å². The fraction of sp³-hybridized carbons (Fsp3) is 0.462. The first kappa shape index (κ1) is 11.1. The van der Waals surface area contributed by atoms with Crippen molar-refractivity contribution in [2.45, 2.75) is 19.4 Å². The summed E-state index contributed by atoms with van der Waals surface area (Å²) >= 11 is 0. The monoisotopic (exact) mass is 218 g/mol. The lowest BCUT2D eigenvalue weighted by Gasteiger charge is -2.12. The highest BCUT2D eigenvalue weighted by Gasteiger charge is 2.32. The minimum absolute atomic E-state index is 0.0784. The van der Waals surface area contributed by atoms with E-state index < -0.39 is 6.04 Å². The smallest absolute Gasteiger partial charge is 0.241 e. The average molecular weight is 218 g/mol. The number of rotatable bonds is 4. The summed E-state index contributed by atoms with van der Waals surface area (Å²) in [5, 5.41) is 2.91. The van der Waals surface area contributed by atoms with Crippen molar-refractivity contribution >= 4 is 5.91 Å². The molecule has 1 aliphatic carbocycles. The van der Waals surface area contributed by atoms with Gasteiger partial charge in [-0.05, 0) is 23.8 Å². The highest BCUT2D eigenvalue weighted by molar-refractivity contribution is 5.82. The number of carbonyl (C=O) groups excluding carboxylic acids is 1. The number of nitrogens with one attached hydrogen (secondary N) is 1. The Morgan fingerprint density at radius 3 is 2.69 bits per heavy atom. The molecule has 1 saturated carbocycles. The van der Waals surface area contributed by atoms with E-state index in [4.69, 9.17) is 5.73 Å². The van der Waals surface area contributed by atoms with Crippen LogP contribution in [0.5, 0.6) is 0 Å². The second-order valence-corrected chi connectivity index (χ2v) is 4.61. The minimum atomic E-state index is -0.546. The SMILES string of the molecule is CC1CC1CNC(=O)[C@@H](N)c1ccccc1. The summed E-state index contributed by atoms with van der Waals surface area (Å²) < 4.78 is 0. The maximum atomic E-state index is 11.7. The third kappa shape index (κ3) is 2.61. The fourth-order valence-corrected chi connectivity index (χ4v) is 1.84. The number of benzene rings is 1. The van der Waals surface area contributed by atoms with Gasteiger partial charge >= 0.3 is 0 Å². The van der Waals surface area contributed by atoms with E-state index in [0.29, 0.717) is 5.92 Å². The van der Waals surface area contributed by atoms with Crippen molar-refractivity contribution in [2.24, 2.45) is 17.6 Å². The Kier molecular flexibility index (Phi) is 3.25. The van der Waals surface area contributed by atoms with Gasteiger partial charge in [0.2, 0.25) is 5.91 Å². The van der Waals surface area contributed by atoms with E-state index in [1.165, 1.54) is 6.42 Å². The van der Waals surface area contributed by atoms with Crippen molar-refractivity contribution in [3.63, 3.8) is 0 Å². The third-order valence-corrected chi connectivity index (χ3v) is 3.26. The van der Waals surface area contributed by atoms with Crippen LogP contribution in [0.25, 0.3) is 0 Å². The van der Waals surface area contributed by atoms with Gasteiger partial charge in [0.15, 0.2) is 0 Å². The molecule has 3 heteroatoms. The van der Waals surface area contributed by atoms with Gasteiger partial charge in [0.05, 0.1) is 0 Å². The molecule has 1 fully saturated rings. The molecule has 1 aliphatic rings. The lowest BCUT2D eigenvalue weighted by atomic mass is 10.1. The molecule has 0 aromatic heterocycles. The van der Waals surface area contributed by atoms with Crippen LogP contribution in [0.15, 0.2) is 30.3 Å². The second kappa shape index (κ2) is 4.66. The molecular formula is C13H18N2O. The van der Waals surface area contributed by atoms with Gasteiger partial charge < -0.3 is 11.1 Å². The summed E-state index contributed by atoms with van der Waals surface area (Å²) in [5.41, 5.74) is 6.73. The Labute approximate surface area is 96.0 Å². The van der Waals surface area contributed by atoms with E-state index in [0.717, 1.165) is 18.0 Å². The zero-order valence-corrected chi connectivity index (χ0v) is 9.52. The minimum Gasteiger partial charge on any atom is -0.354 e. The molecule has 0 heterocycles. The van der Waals surface area contributed by atoms with Crippen molar-refractivity contribution in [1.82, 2.24) is 5.32 Å². The molecule has 0 saturated heterocycles. The summed E-state index contributed by atoms with van der Waals surface area (Å²) in [4.78, 5) is 11.7. The molecule has 0 aliphatic heterocycles. The van der Waals surface area contributed by atoms with Crippen LogP contribution in [-0.2, 0) is 4.79 Å². The normalized spacial score (nSPS) is 24.9. The fourth-order valence-electron chi connectivity index (χ4n) is 1.84. The molecule has 0 bridgehead atoms. The molecule has 16 heavy (non-hydrogen) atoms. The summed E-state index contributed by atoms with van der Waals surface area (Å²) in [6, 6.07) is 8.92. The molecule has 1 amide bonds. The molecule has 0 spiro atoms.